The Morgan fingerprint density at radius 2 is 2.50 bits per heavy atom. The Labute approximate surface area is 71.2 Å². The summed E-state index contributed by atoms with van der Waals surface area (Å²) in [7, 11) is 1.94. The van der Waals surface area contributed by atoms with E-state index in [9.17, 15) is 5.11 Å². The molecule has 0 aromatic carbocycles. The second-order valence-electron chi connectivity index (χ2n) is 3.30. The van der Waals surface area contributed by atoms with Crippen LogP contribution in [-0.2, 0) is 7.05 Å². The molecule has 0 amide bonds. The number of β-amino-alcohol motifs (C(OH)–C–C–N with tert-alkyl or cyclic N) is 1. The number of imidazole rings is 1. The first kappa shape index (κ1) is 7.76. The Morgan fingerprint density at radius 1 is 1.67 bits per heavy atom. The molecule has 2 rings (SSSR count). The highest BCUT2D eigenvalue weighted by Crippen LogP contribution is 2.20. The highest BCUT2D eigenvalue weighted by molar-refractivity contribution is 5.10. The van der Waals surface area contributed by atoms with Crippen molar-refractivity contribution in [1.82, 2.24) is 14.9 Å². The van der Waals surface area contributed by atoms with Gasteiger partial charge in [-0.1, -0.05) is 0 Å². The second kappa shape index (κ2) is 2.88. The van der Waals surface area contributed by atoms with Gasteiger partial charge in [0.15, 0.2) is 0 Å². The van der Waals surface area contributed by atoms with Crippen molar-refractivity contribution in [3.63, 3.8) is 0 Å². The van der Waals surface area contributed by atoms with Gasteiger partial charge in [-0.2, -0.15) is 0 Å². The van der Waals surface area contributed by atoms with Gasteiger partial charge in [0.2, 0.25) is 0 Å². The molecule has 66 valence electrons. The lowest BCUT2D eigenvalue weighted by atomic mass is 10.0. The van der Waals surface area contributed by atoms with E-state index in [0.29, 0.717) is 6.54 Å². The number of aromatic nitrogens is 2. The average Bonchev–Trinajstić information content (AvgIpc) is 2.58. The molecule has 2 atom stereocenters. The highest BCUT2D eigenvalue weighted by atomic mass is 16.3. The molecule has 1 aliphatic rings. The van der Waals surface area contributed by atoms with Crippen molar-refractivity contribution in [3.8, 4) is 0 Å². The Morgan fingerprint density at radius 3 is 3.00 bits per heavy atom. The summed E-state index contributed by atoms with van der Waals surface area (Å²) < 4.78 is 1.90. The third kappa shape index (κ3) is 1.23. The zero-order valence-corrected chi connectivity index (χ0v) is 7.07. The Balaban J connectivity index is 2.19. The first-order chi connectivity index (χ1) is 5.77. The zero-order chi connectivity index (χ0) is 8.55. The Hall–Kier alpha value is -0.870. The molecule has 1 aliphatic heterocycles. The van der Waals surface area contributed by atoms with Gasteiger partial charge in [0.25, 0.3) is 0 Å². The van der Waals surface area contributed by atoms with Crippen LogP contribution in [0.3, 0.4) is 0 Å². The minimum Gasteiger partial charge on any atom is -0.391 e. The van der Waals surface area contributed by atoms with Crippen molar-refractivity contribution < 1.29 is 5.11 Å². The van der Waals surface area contributed by atoms with E-state index in [-0.39, 0.29) is 12.0 Å². The summed E-state index contributed by atoms with van der Waals surface area (Å²) >= 11 is 0. The summed E-state index contributed by atoms with van der Waals surface area (Å²) in [4.78, 5) is 4.21. The third-order valence-electron chi connectivity index (χ3n) is 2.29. The molecule has 1 fully saturated rings. The number of aliphatic hydroxyl groups excluding tert-OH is 1. The standard InChI is InChI=1S/C8H13N3O/c1-11-4-7(10-5-11)6-2-9-3-8(6)12/h4-6,8-9,12H,2-3H2,1H3. The predicted molar refractivity (Wildman–Crippen MR) is 44.8 cm³/mol. The van der Waals surface area contributed by atoms with Gasteiger partial charge in [0.1, 0.15) is 0 Å². The molecular weight excluding hydrogens is 154 g/mol. The lowest BCUT2D eigenvalue weighted by Gasteiger charge is -2.08. The minimum atomic E-state index is -0.278. The monoisotopic (exact) mass is 167 g/mol. The number of aryl methyl sites for hydroxylation is 1. The zero-order valence-electron chi connectivity index (χ0n) is 7.07. The smallest absolute Gasteiger partial charge is 0.0946 e. The fraction of sp³-hybridized carbons (Fsp3) is 0.625. The summed E-state index contributed by atoms with van der Waals surface area (Å²) in [5, 5.41) is 12.7. The molecule has 2 heterocycles. The van der Waals surface area contributed by atoms with Crippen LogP contribution in [0.1, 0.15) is 11.6 Å². The molecule has 4 nitrogen and oxygen atoms in total. The summed E-state index contributed by atoms with van der Waals surface area (Å²) in [6.07, 6.45) is 3.45. The van der Waals surface area contributed by atoms with Crippen molar-refractivity contribution in [2.45, 2.75) is 12.0 Å². The van der Waals surface area contributed by atoms with Crippen LogP contribution in [0, 0.1) is 0 Å². The van der Waals surface area contributed by atoms with Gasteiger partial charge in [-0.25, -0.2) is 4.98 Å². The molecule has 1 saturated heterocycles. The number of rotatable bonds is 1. The lowest BCUT2D eigenvalue weighted by Crippen LogP contribution is -2.16. The van der Waals surface area contributed by atoms with E-state index in [1.165, 1.54) is 0 Å². The van der Waals surface area contributed by atoms with E-state index in [4.69, 9.17) is 0 Å². The topological polar surface area (TPSA) is 50.1 Å². The van der Waals surface area contributed by atoms with E-state index < -0.39 is 0 Å². The lowest BCUT2D eigenvalue weighted by molar-refractivity contribution is 0.176. The van der Waals surface area contributed by atoms with E-state index in [1.807, 2.05) is 17.8 Å². The van der Waals surface area contributed by atoms with E-state index in [1.54, 1.807) is 6.33 Å². The van der Waals surface area contributed by atoms with Gasteiger partial charge in [0, 0.05) is 32.3 Å². The minimum absolute atomic E-state index is 0.172. The normalized spacial score (nSPS) is 29.5. The van der Waals surface area contributed by atoms with Crippen LogP contribution in [-0.4, -0.2) is 33.9 Å². The van der Waals surface area contributed by atoms with Crippen LogP contribution in [0.5, 0.6) is 0 Å². The molecule has 1 aromatic rings. The quantitative estimate of drug-likeness (QED) is 0.591. The third-order valence-corrected chi connectivity index (χ3v) is 2.29. The summed E-state index contributed by atoms with van der Waals surface area (Å²) in [6.45, 7) is 1.51. The molecule has 12 heavy (non-hydrogen) atoms. The Kier molecular flexibility index (Phi) is 1.86. The second-order valence-corrected chi connectivity index (χ2v) is 3.30. The van der Waals surface area contributed by atoms with E-state index in [0.717, 1.165) is 12.2 Å². The van der Waals surface area contributed by atoms with Gasteiger partial charge >= 0.3 is 0 Å². The average molecular weight is 167 g/mol. The molecule has 2 N–H and O–H groups in total. The SMILES string of the molecule is Cn1cnc(C2CNCC2O)c1. The van der Waals surface area contributed by atoms with Gasteiger partial charge in [0.05, 0.1) is 18.1 Å². The van der Waals surface area contributed by atoms with Gasteiger partial charge in [-0.05, 0) is 0 Å². The molecule has 0 saturated carbocycles. The number of hydrogen-bond acceptors (Lipinski definition) is 3. The van der Waals surface area contributed by atoms with Crippen molar-refractivity contribution >= 4 is 0 Å². The van der Waals surface area contributed by atoms with Crippen LogP contribution in [0.2, 0.25) is 0 Å². The molecule has 1 aromatic heterocycles. The van der Waals surface area contributed by atoms with Gasteiger partial charge in [-0.3, -0.25) is 0 Å². The highest BCUT2D eigenvalue weighted by Gasteiger charge is 2.27. The number of nitrogens with zero attached hydrogens (tertiary/aromatic N) is 2. The van der Waals surface area contributed by atoms with Crippen LogP contribution >= 0.6 is 0 Å². The van der Waals surface area contributed by atoms with Crippen molar-refractivity contribution in [2.24, 2.45) is 7.05 Å². The van der Waals surface area contributed by atoms with Crippen molar-refractivity contribution in [3.05, 3.63) is 18.2 Å². The Bertz CT molecular complexity index is 271. The fourth-order valence-corrected chi connectivity index (χ4v) is 1.59. The van der Waals surface area contributed by atoms with Crippen LogP contribution < -0.4 is 5.32 Å². The first-order valence-corrected chi connectivity index (χ1v) is 4.14. The maximum absolute atomic E-state index is 9.54. The molecule has 2 unspecified atom stereocenters. The van der Waals surface area contributed by atoms with E-state index in [2.05, 4.69) is 10.3 Å². The van der Waals surface area contributed by atoms with Crippen LogP contribution in [0.25, 0.3) is 0 Å². The molecule has 0 radical (unpaired) electrons. The number of nitrogens with one attached hydrogen (secondary N) is 1. The first-order valence-electron chi connectivity index (χ1n) is 4.14. The van der Waals surface area contributed by atoms with Gasteiger partial charge < -0.3 is 15.0 Å². The predicted octanol–water partition coefficient (Wildman–Crippen LogP) is -0.532. The maximum atomic E-state index is 9.54. The molecule has 0 spiro atoms. The van der Waals surface area contributed by atoms with E-state index >= 15 is 0 Å². The van der Waals surface area contributed by atoms with Crippen molar-refractivity contribution in [2.75, 3.05) is 13.1 Å². The van der Waals surface area contributed by atoms with Crippen molar-refractivity contribution in [1.29, 1.82) is 0 Å². The summed E-state index contributed by atoms with van der Waals surface area (Å²) in [5.74, 6) is 0.172. The molecular formula is C8H13N3O. The van der Waals surface area contributed by atoms with Gasteiger partial charge in [-0.15, -0.1) is 0 Å². The maximum Gasteiger partial charge on any atom is 0.0946 e. The van der Waals surface area contributed by atoms with Crippen LogP contribution in [0.15, 0.2) is 12.5 Å². The summed E-state index contributed by atoms with van der Waals surface area (Å²) in [6, 6.07) is 0. The van der Waals surface area contributed by atoms with Crippen LogP contribution in [0.4, 0.5) is 0 Å². The molecule has 0 aliphatic carbocycles. The molecule has 0 bridgehead atoms. The fourth-order valence-electron chi connectivity index (χ4n) is 1.59. The number of aliphatic hydroxyl groups is 1. The largest absolute Gasteiger partial charge is 0.391 e. The summed E-state index contributed by atoms with van der Waals surface area (Å²) in [5.41, 5.74) is 0.981. The number of hydrogen-bond donors (Lipinski definition) is 2. The molecule has 4 heteroatoms.